The van der Waals surface area contributed by atoms with Crippen LogP contribution in [-0.2, 0) is 6.42 Å². The summed E-state index contributed by atoms with van der Waals surface area (Å²) < 4.78 is 0. The summed E-state index contributed by atoms with van der Waals surface area (Å²) in [4.78, 5) is 4.47. The van der Waals surface area contributed by atoms with Crippen LogP contribution in [0.3, 0.4) is 0 Å². The van der Waals surface area contributed by atoms with Crippen LogP contribution in [0.4, 0.5) is 0 Å². The third kappa shape index (κ3) is 3.50. The first-order chi connectivity index (χ1) is 7.15. The van der Waals surface area contributed by atoms with Crippen LogP contribution in [0, 0.1) is 12.8 Å². The Morgan fingerprint density at radius 1 is 1.33 bits per heavy atom. The SMILES string of the molecule is CCN=C(C)C(C)Cc1ccccc1C. The van der Waals surface area contributed by atoms with E-state index in [0.29, 0.717) is 5.92 Å². The average molecular weight is 203 g/mol. The molecule has 0 aliphatic rings. The largest absolute Gasteiger partial charge is 0.294 e. The van der Waals surface area contributed by atoms with Crippen molar-refractivity contribution in [2.45, 2.75) is 34.1 Å². The molecule has 0 saturated carbocycles. The summed E-state index contributed by atoms with van der Waals surface area (Å²) >= 11 is 0. The molecule has 1 atom stereocenters. The van der Waals surface area contributed by atoms with Crippen molar-refractivity contribution < 1.29 is 0 Å². The Hall–Kier alpha value is -1.11. The molecule has 0 saturated heterocycles. The molecule has 1 rings (SSSR count). The molecule has 0 radical (unpaired) electrons. The predicted octanol–water partition coefficient (Wildman–Crippen LogP) is 3.65. The molecule has 0 fully saturated rings. The second kappa shape index (κ2) is 5.69. The Balaban J connectivity index is 2.70. The zero-order valence-electron chi connectivity index (χ0n) is 10.2. The number of hydrogen-bond acceptors (Lipinski definition) is 1. The lowest BCUT2D eigenvalue weighted by atomic mass is 9.94. The van der Waals surface area contributed by atoms with Gasteiger partial charge in [0.25, 0.3) is 0 Å². The summed E-state index contributed by atoms with van der Waals surface area (Å²) in [7, 11) is 0. The number of nitrogens with zero attached hydrogens (tertiary/aromatic N) is 1. The van der Waals surface area contributed by atoms with Crippen molar-refractivity contribution in [3.05, 3.63) is 35.4 Å². The first-order valence-electron chi connectivity index (χ1n) is 5.70. The van der Waals surface area contributed by atoms with Crippen molar-refractivity contribution in [1.82, 2.24) is 0 Å². The van der Waals surface area contributed by atoms with Crippen LogP contribution in [-0.4, -0.2) is 12.3 Å². The third-order valence-electron chi connectivity index (χ3n) is 2.91. The summed E-state index contributed by atoms with van der Waals surface area (Å²) in [5, 5.41) is 0. The van der Waals surface area contributed by atoms with Gasteiger partial charge in [0, 0.05) is 12.3 Å². The number of benzene rings is 1. The van der Waals surface area contributed by atoms with Crippen molar-refractivity contribution in [3.63, 3.8) is 0 Å². The molecule has 0 aliphatic carbocycles. The standard InChI is InChI=1S/C14H21N/c1-5-15-13(4)12(3)10-14-9-7-6-8-11(14)2/h6-9,12H,5,10H2,1-4H3. The molecule has 0 aliphatic heterocycles. The summed E-state index contributed by atoms with van der Waals surface area (Å²) in [6, 6.07) is 8.59. The van der Waals surface area contributed by atoms with E-state index in [4.69, 9.17) is 0 Å². The fourth-order valence-electron chi connectivity index (χ4n) is 1.72. The van der Waals surface area contributed by atoms with Crippen LogP contribution >= 0.6 is 0 Å². The summed E-state index contributed by atoms with van der Waals surface area (Å²) in [5.41, 5.74) is 4.09. The number of rotatable bonds is 4. The molecule has 0 amide bonds. The average Bonchev–Trinajstić information content (AvgIpc) is 2.21. The van der Waals surface area contributed by atoms with Crippen molar-refractivity contribution in [1.29, 1.82) is 0 Å². The van der Waals surface area contributed by atoms with Crippen LogP contribution in [0.25, 0.3) is 0 Å². The molecule has 82 valence electrons. The number of aliphatic imine (C=N–C) groups is 1. The molecule has 0 heterocycles. The topological polar surface area (TPSA) is 12.4 Å². The first kappa shape index (κ1) is 12.0. The molecule has 1 unspecified atom stereocenters. The van der Waals surface area contributed by atoms with E-state index >= 15 is 0 Å². The van der Waals surface area contributed by atoms with Gasteiger partial charge in [-0.2, -0.15) is 0 Å². The summed E-state index contributed by atoms with van der Waals surface area (Å²) in [5.74, 6) is 0.547. The van der Waals surface area contributed by atoms with Gasteiger partial charge >= 0.3 is 0 Å². The van der Waals surface area contributed by atoms with Crippen molar-refractivity contribution >= 4 is 5.71 Å². The Kier molecular flexibility index (Phi) is 4.54. The molecule has 0 spiro atoms. The molecule has 0 bridgehead atoms. The van der Waals surface area contributed by atoms with E-state index in [1.165, 1.54) is 16.8 Å². The zero-order valence-corrected chi connectivity index (χ0v) is 10.2. The van der Waals surface area contributed by atoms with Crippen LogP contribution in [0.1, 0.15) is 31.9 Å². The van der Waals surface area contributed by atoms with E-state index < -0.39 is 0 Å². The summed E-state index contributed by atoms with van der Waals surface area (Å²) in [6.45, 7) is 9.54. The minimum atomic E-state index is 0.547. The highest BCUT2D eigenvalue weighted by Gasteiger charge is 2.07. The Morgan fingerprint density at radius 3 is 2.60 bits per heavy atom. The van der Waals surface area contributed by atoms with Gasteiger partial charge in [0.05, 0.1) is 0 Å². The van der Waals surface area contributed by atoms with Gasteiger partial charge in [0.2, 0.25) is 0 Å². The highest BCUT2D eigenvalue weighted by Crippen LogP contribution is 2.14. The molecular formula is C14H21N. The van der Waals surface area contributed by atoms with Gasteiger partial charge < -0.3 is 0 Å². The molecule has 1 heteroatoms. The van der Waals surface area contributed by atoms with Crippen LogP contribution in [0.5, 0.6) is 0 Å². The predicted molar refractivity (Wildman–Crippen MR) is 67.7 cm³/mol. The summed E-state index contributed by atoms with van der Waals surface area (Å²) in [6.07, 6.45) is 1.10. The number of hydrogen-bond donors (Lipinski definition) is 0. The first-order valence-corrected chi connectivity index (χ1v) is 5.70. The molecule has 1 nitrogen and oxygen atoms in total. The minimum absolute atomic E-state index is 0.547. The molecule has 15 heavy (non-hydrogen) atoms. The maximum atomic E-state index is 4.47. The smallest absolute Gasteiger partial charge is 0.0360 e. The van der Waals surface area contributed by atoms with Gasteiger partial charge in [0.1, 0.15) is 0 Å². The van der Waals surface area contributed by atoms with E-state index in [1.807, 2.05) is 0 Å². The van der Waals surface area contributed by atoms with Crippen molar-refractivity contribution in [2.75, 3.05) is 6.54 Å². The highest BCUT2D eigenvalue weighted by atomic mass is 14.7. The van der Waals surface area contributed by atoms with E-state index in [1.54, 1.807) is 0 Å². The highest BCUT2D eigenvalue weighted by molar-refractivity contribution is 5.84. The normalized spacial score (nSPS) is 14.0. The molecule has 0 aromatic heterocycles. The maximum Gasteiger partial charge on any atom is 0.0360 e. The maximum absolute atomic E-state index is 4.47. The third-order valence-corrected chi connectivity index (χ3v) is 2.91. The quantitative estimate of drug-likeness (QED) is 0.662. The Morgan fingerprint density at radius 2 is 2.00 bits per heavy atom. The second-order valence-corrected chi connectivity index (χ2v) is 4.15. The van der Waals surface area contributed by atoms with E-state index in [9.17, 15) is 0 Å². The monoisotopic (exact) mass is 203 g/mol. The van der Waals surface area contributed by atoms with Crippen LogP contribution < -0.4 is 0 Å². The lowest BCUT2D eigenvalue weighted by Gasteiger charge is -2.13. The van der Waals surface area contributed by atoms with E-state index in [2.05, 4.69) is 57.0 Å². The van der Waals surface area contributed by atoms with Gasteiger partial charge in [-0.3, -0.25) is 4.99 Å². The zero-order chi connectivity index (χ0) is 11.3. The van der Waals surface area contributed by atoms with Crippen LogP contribution in [0.15, 0.2) is 29.3 Å². The molecule has 0 N–H and O–H groups in total. The van der Waals surface area contributed by atoms with Gasteiger partial charge in [-0.25, -0.2) is 0 Å². The minimum Gasteiger partial charge on any atom is -0.294 e. The van der Waals surface area contributed by atoms with Gasteiger partial charge in [0.15, 0.2) is 0 Å². The van der Waals surface area contributed by atoms with Gasteiger partial charge in [-0.15, -0.1) is 0 Å². The van der Waals surface area contributed by atoms with Crippen LogP contribution in [0.2, 0.25) is 0 Å². The van der Waals surface area contributed by atoms with E-state index in [0.717, 1.165) is 13.0 Å². The lowest BCUT2D eigenvalue weighted by Crippen LogP contribution is -2.11. The van der Waals surface area contributed by atoms with E-state index in [-0.39, 0.29) is 0 Å². The Bertz CT molecular complexity index is 339. The van der Waals surface area contributed by atoms with Crippen molar-refractivity contribution in [3.8, 4) is 0 Å². The lowest BCUT2D eigenvalue weighted by molar-refractivity contribution is 0.754. The van der Waals surface area contributed by atoms with Gasteiger partial charge in [-0.05, 0) is 44.2 Å². The molecule has 1 aromatic rings. The molecule has 1 aromatic carbocycles. The Labute approximate surface area is 93.2 Å². The molecular weight excluding hydrogens is 182 g/mol. The fraction of sp³-hybridized carbons (Fsp3) is 0.500. The number of aryl methyl sites for hydroxylation is 1. The second-order valence-electron chi connectivity index (χ2n) is 4.15. The fourth-order valence-corrected chi connectivity index (χ4v) is 1.72. The van der Waals surface area contributed by atoms with Crippen molar-refractivity contribution in [2.24, 2.45) is 10.9 Å². The van der Waals surface area contributed by atoms with Gasteiger partial charge in [-0.1, -0.05) is 31.2 Å².